The summed E-state index contributed by atoms with van der Waals surface area (Å²) in [7, 11) is 0. The SMILES string of the molecule is O=C(COC(=O)c1cn(-c2ccccc2)nc1-c1cccs1)Nc1nnc(-c2ccccc2)o1. The number of carbonyl (C=O) groups is 2. The number of ether oxygens (including phenoxy) is 1. The molecule has 0 aliphatic carbocycles. The molecule has 2 aromatic carbocycles. The summed E-state index contributed by atoms with van der Waals surface area (Å²) in [5.41, 5.74) is 2.25. The van der Waals surface area contributed by atoms with Crippen LogP contribution >= 0.6 is 11.3 Å². The number of esters is 1. The molecule has 0 saturated carbocycles. The van der Waals surface area contributed by atoms with Gasteiger partial charge in [0, 0.05) is 11.8 Å². The molecule has 5 aromatic rings. The van der Waals surface area contributed by atoms with Crippen molar-refractivity contribution in [3.63, 3.8) is 0 Å². The summed E-state index contributed by atoms with van der Waals surface area (Å²) >= 11 is 1.45. The molecule has 0 spiro atoms. The molecule has 0 bridgehead atoms. The number of thiophene rings is 1. The van der Waals surface area contributed by atoms with Crippen LogP contribution in [0.15, 0.2) is 88.8 Å². The molecule has 10 heteroatoms. The van der Waals surface area contributed by atoms with Crippen LogP contribution in [0.4, 0.5) is 6.01 Å². The Morgan fingerprint density at radius 1 is 0.971 bits per heavy atom. The molecule has 168 valence electrons. The normalized spacial score (nSPS) is 10.7. The molecule has 34 heavy (non-hydrogen) atoms. The zero-order valence-electron chi connectivity index (χ0n) is 17.6. The topological polar surface area (TPSA) is 112 Å². The Bertz CT molecular complexity index is 1410. The lowest BCUT2D eigenvalue weighted by atomic mass is 10.2. The highest BCUT2D eigenvalue weighted by atomic mass is 32.1. The van der Waals surface area contributed by atoms with E-state index in [1.165, 1.54) is 11.3 Å². The van der Waals surface area contributed by atoms with E-state index in [1.807, 2.05) is 78.2 Å². The van der Waals surface area contributed by atoms with Crippen molar-refractivity contribution in [2.45, 2.75) is 0 Å². The number of rotatable bonds is 7. The molecule has 0 unspecified atom stereocenters. The van der Waals surface area contributed by atoms with Gasteiger partial charge in [0.05, 0.1) is 10.6 Å². The van der Waals surface area contributed by atoms with E-state index < -0.39 is 18.5 Å². The zero-order valence-corrected chi connectivity index (χ0v) is 18.4. The average Bonchev–Trinajstić information content (AvgIpc) is 3.64. The van der Waals surface area contributed by atoms with Gasteiger partial charge < -0.3 is 9.15 Å². The molecule has 0 atom stereocenters. The number of hydrogen-bond acceptors (Lipinski definition) is 8. The molecule has 0 radical (unpaired) electrons. The van der Waals surface area contributed by atoms with Gasteiger partial charge in [0.15, 0.2) is 6.61 Å². The number of aromatic nitrogens is 4. The van der Waals surface area contributed by atoms with E-state index in [0.29, 0.717) is 5.69 Å². The van der Waals surface area contributed by atoms with Crippen molar-refractivity contribution in [1.82, 2.24) is 20.0 Å². The zero-order chi connectivity index (χ0) is 23.3. The first-order chi connectivity index (χ1) is 16.7. The van der Waals surface area contributed by atoms with Gasteiger partial charge in [-0.1, -0.05) is 47.6 Å². The Kier molecular flexibility index (Phi) is 5.95. The lowest BCUT2D eigenvalue weighted by molar-refractivity contribution is -0.119. The number of nitrogens with zero attached hydrogens (tertiary/aromatic N) is 4. The van der Waals surface area contributed by atoms with E-state index in [-0.39, 0.29) is 17.5 Å². The van der Waals surface area contributed by atoms with Crippen molar-refractivity contribution in [3.8, 4) is 27.7 Å². The standard InChI is InChI=1S/C24H17N5O4S/c30-20(25-24-27-26-22(33-24)16-8-3-1-4-9-16)15-32-23(31)18-14-29(17-10-5-2-6-11-17)28-21(18)19-12-7-13-34-19/h1-14H,15H2,(H,25,27,30). The van der Waals surface area contributed by atoms with Crippen LogP contribution in [0.5, 0.6) is 0 Å². The summed E-state index contributed by atoms with van der Waals surface area (Å²) < 4.78 is 12.3. The van der Waals surface area contributed by atoms with Crippen LogP contribution in [0.25, 0.3) is 27.7 Å². The number of nitrogens with one attached hydrogen (secondary N) is 1. The molecule has 1 N–H and O–H groups in total. The summed E-state index contributed by atoms with van der Waals surface area (Å²) in [6, 6.07) is 22.2. The minimum absolute atomic E-state index is 0.0870. The molecular weight excluding hydrogens is 454 g/mol. The lowest BCUT2D eigenvalue weighted by Gasteiger charge is -2.03. The number of hydrogen-bond donors (Lipinski definition) is 1. The van der Waals surface area contributed by atoms with E-state index in [2.05, 4.69) is 20.6 Å². The van der Waals surface area contributed by atoms with Crippen molar-refractivity contribution in [1.29, 1.82) is 0 Å². The maximum atomic E-state index is 12.8. The summed E-state index contributed by atoms with van der Waals surface area (Å²) in [5.74, 6) is -1.01. The van der Waals surface area contributed by atoms with Gasteiger partial charge in [-0.25, -0.2) is 9.48 Å². The third-order valence-corrected chi connectivity index (χ3v) is 5.61. The first-order valence-electron chi connectivity index (χ1n) is 10.2. The van der Waals surface area contributed by atoms with Gasteiger partial charge in [-0.2, -0.15) is 5.10 Å². The number of carbonyl (C=O) groups excluding carboxylic acids is 2. The van der Waals surface area contributed by atoms with Gasteiger partial charge in [-0.15, -0.1) is 16.4 Å². The molecule has 9 nitrogen and oxygen atoms in total. The van der Waals surface area contributed by atoms with Gasteiger partial charge in [-0.05, 0) is 35.7 Å². The molecule has 0 aliphatic rings. The van der Waals surface area contributed by atoms with Gasteiger partial charge >= 0.3 is 12.0 Å². The van der Waals surface area contributed by atoms with Crippen molar-refractivity contribution < 1.29 is 18.7 Å². The van der Waals surface area contributed by atoms with Crippen LogP contribution in [0.2, 0.25) is 0 Å². The van der Waals surface area contributed by atoms with Crippen LogP contribution < -0.4 is 5.32 Å². The largest absolute Gasteiger partial charge is 0.452 e. The van der Waals surface area contributed by atoms with Crippen molar-refractivity contribution >= 4 is 29.2 Å². The maximum Gasteiger partial charge on any atom is 0.342 e. The third kappa shape index (κ3) is 4.62. The van der Waals surface area contributed by atoms with Gasteiger partial charge in [0.2, 0.25) is 5.89 Å². The Morgan fingerprint density at radius 3 is 2.47 bits per heavy atom. The predicted octanol–water partition coefficient (Wildman–Crippen LogP) is 4.45. The van der Waals surface area contributed by atoms with E-state index in [4.69, 9.17) is 9.15 Å². The summed E-state index contributed by atoms with van der Waals surface area (Å²) in [6.07, 6.45) is 1.59. The minimum Gasteiger partial charge on any atom is -0.452 e. The monoisotopic (exact) mass is 471 g/mol. The Labute approximate surface area is 197 Å². The molecule has 0 saturated heterocycles. The summed E-state index contributed by atoms with van der Waals surface area (Å²) in [4.78, 5) is 26.0. The molecular formula is C24H17N5O4S. The highest BCUT2D eigenvalue weighted by Gasteiger charge is 2.22. The summed E-state index contributed by atoms with van der Waals surface area (Å²) in [6.45, 7) is -0.526. The lowest BCUT2D eigenvalue weighted by Crippen LogP contribution is -2.21. The van der Waals surface area contributed by atoms with Crippen LogP contribution in [0, 0.1) is 0 Å². The van der Waals surface area contributed by atoms with Crippen LogP contribution in [0.1, 0.15) is 10.4 Å². The highest BCUT2D eigenvalue weighted by Crippen LogP contribution is 2.28. The van der Waals surface area contributed by atoms with Crippen LogP contribution in [-0.2, 0) is 9.53 Å². The second kappa shape index (κ2) is 9.51. The van der Waals surface area contributed by atoms with Crippen LogP contribution in [-0.4, -0.2) is 38.5 Å². The third-order valence-electron chi connectivity index (χ3n) is 4.74. The quantitative estimate of drug-likeness (QED) is 0.349. The second-order valence-electron chi connectivity index (χ2n) is 7.05. The molecule has 0 fully saturated rings. The second-order valence-corrected chi connectivity index (χ2v) is 8.00. The fourth-order valence-electron chi connectivity index (χ4n) is 3.17. The number of benzene rings is 2. The Balaban J connectivity index is 1.28. The minimum atomic E-state index is -0.670. The molecule has 1 amide bonds. The molecule has 3 heterocycles. The predicted molar refractivity (Wildman–Crippen MR) is 126 cm³/mol. The fraction of sp³-hybridized carbons (Fsp3) is 0.0417. The first kappa shape index (κ1) is 21.3. The van der Waals surface area contributed by atoms with E-state index in [9.17, 15) is 9.59 Å². The number of anilines is 1. The molecule has 5 rings (SSSR count). The molecule has 0 aliphatic heterocycles. The summed E-state index contributed by atoms with van der Waals surface area (Å²) in [5, 5.41) is 16.6. The van der Waals surface area contributed by atoms with Crippen LogP contribution in [0.3, 0.4) is 0 Å². The van der Waals surface area contributed by atoms with Gasteiger partial charge in [0.25, 0.3) is 5.91 Å². The Hall–Kier alpha value is -4.57. The molecule has 3 aromatic heterocycles. The van der Waals surface area contributed by atoms with Crippen molar-refractivity contribution in [3.05, 3.63) is 89.9 Å². The highest BCUT2D eigenvalue weighted by molar-refractivity contribution is 7.13. The van der Waals surface area contributed by atoms with Crippen molar-refractivity contribution in [2.24, 2.45) is 0 Å². The smallest absolute Gasteiger partial charge is 0.342 e. The first-order valence-corrected chi connectivity index (χ1v) is 11.1. The number of para-hydroxylation sites is 1. The Morgan fingerprint density at radius 2 is 1.74 bits per heavy atom. The number of amides is 1. The van der Waals surface area contributed by atoms with E-state index in [1.54, 1.807) is 10.9 Å². The van der Waals surface area contributed by atoms with E-state index in [0.717, 1.165) is 16.1 Å². The van der Waals surface area contributed by atoms with Crippen molar-refractivity contribution in [2.75, 3.05) is 11.9 Å². The van der Waals surface area contributed by atoms with Gasteiger partial charge in [-0.3, -0.25) is 10.1 Å². The average molecular weight is 471 g/mol. The fourth-order valence-corrected chi connectivity index (χ4v) is 3.89. The maximum absolute atomic E-state index is 12.8. The van der Waals surface area contributed by atoms with E-state index >= 15 is 0 Å². The van der Waals surface area contributed by atoms with Gasteiger partial charge in [0.1, 0.15) is 11.3 Å².